The Hall–Kier alpha value is -2.69. The fraction of sp³-hybridized carbons (Fsp3) is 0. The second kappa shape index (κ2) is 4.29. The zero-order valence-electron chi connectivity index (χ0n) is 9.54. The first-order valence-corrected chi connectivity index (χ1v) is 5.53. The standard InChI is InChI=1S/C13H11N5/c14-12-6-2-4-10(8-12)9-3-1-5-11(7-9)13-15-17-18-16-13/h1-8H,14H2,(H,15,16,17,18). The Balaban J connectivity index is 2.06. The van der Waals surface area contributed by atoms with Crippen molar-refractivity contribution in [2.75, 3.05) is 5.73 Å². The van der Waals surface area contributed by atoms with Crippen LogP contribution in [0.25, 0.3) is 22.5 Å². The lowest BCUT2D eigenvalue weighted by Gasteiger charge is -2.04. The van der Waals surface area contributed by atoms with Crippen molar-refractivity contribution >= 4 is 5.69 Å². The number of nitrogens with zero attached hydrogens (tertiary/aromatic N) is 3. The van der Waals surface area contributed by atoms with Crippen LogP contribution in [0.1, 0.15) is 0 Å². The fourth-order valence-corrected chi connectivity index (χ4v) is 1.84. The molecular weight excluding hydrogens is 226 g/mol. The highest BCUT2D eigenvalue weighted by Crippen LogP contribution is 2.25. The van der Waals surface area contributed by atoms with Crippen LogP contribution in [0.15, 0.2) is 48.5 Å². The summed E-state index contributed by atoms with van der Waals surface area (Å²) in [6.07, 6.45) is 0. The number of anilines is 1. The average Bonchev–Trinajstić information content (AvgIpc) is 2.93. The summed E-state index contributed by atoms with van der Waals surface area (Å²) in [5, 5.41) is 13.9. The molecular formula is C13H11N5. The molecule has 0 bridgehead atoms. The first-order chi connectivity index (χ1) is 8.83. The van der Waals surface area contributed by atoms with Crippen molar-refractivity contribution in [3.8, 4) is 22.5 Å². The summed E-state index contributed by atoms with van der Waals surface area (Å²) in [5.41, 5.74) is 9.60. The maximum atomic E-state index is 5.79. The number of benzene rings is 2. The smallest absolute Gasteiger partial charge is 0.204 e. The van der Waals surface area contributed by atoms with Crippen molar-refractivity contribution in [2.45, 2.75) is 0 Å². The Morgan fingerprint density at radius 2 is 1.61 bits per heavy atom. The molecule has 0 radical (unpaired) electrons. The van der Waals surface area contributed by atoms with Gasteiger partial charge in [-0.15, -0.1) is 10.2 Å². The van der Waals surface area contributed by atoms with E-state index in [0.29, 0.717) is 5.82 Å². The van der Waals surface area contributed by atoms with Crippen molar-refractivity contribution in [3.05, 3.63) is 48.5 Å². The molecule has 2 aromatic carbocycles. The molecule has 1 heterocycles. The third-order valence-corrected chi connectivity index (χ3v) is 2.69. The van der Waals surface area contributed by atoms with Gasteiger partial charge in [0.15, 0.2) is 0 Å². The lowest BCUT2D eigenvalue weighted by Crippen LogP contribution is -1.86. The van der Waals surface area contributed by atoms with Crippen LogP contribution in [-0.2, 0) is 0 Å². The second-order valence-corrected chi connectivity index (χ2v) is 3.94. The van der Waals surface area contributed by atoms with Gasteiger partial charge in [-0.25, -0.2) is 0 Å². The van der Waals surface area contributed by atoms with E-state index < -0.39 is 0 Å². The zero-order valence-corrected chi connectivity index (χ0v) is 9.54. The fourth-order valence-electron chi connectivity index (χ4n) is 1.84. The number of tetrazole rings is 1. The van der Waals surface area contributed by atoms with E-state index >= 15 is 0 Å². The van der Waals surface area contributed by atoms with Gasteiger partial charge >= 0.3 is 0 Å². The number of nitrogens with one attached hydrogen (secondary N) is 1. The number of hydrogen-bond acceptors (Lipinski definition) is 4. The van der Waals surface area contributed by atoms with Crippen LogP contribution in [0.4, 0.5) is 5.69 Å². The maximum absolute atomic E-state index is 5.79. The molecule has 3 rings (SSSR count). The van der Waals surface area contributed by atoms with E-state index in [1.54, 1.807) is 0 Å². The summed E-state index contributed by atoms with van der Waals surface area (Å²) in [4.78, 5) is 0. The van der Waals surface area contributed by atoms with Gasteiger partial charge in [0.2, 0.25) is 5.82 Å². The normalized spacial score (nSPS) is 10.4. The number of aromatic nitrogens is 4. The molecule has 3 aromatic rings. The van der Waals surface area contributed by atoms with Gasteiger partial charge in [-0.3, -0.25) is 0 Å². The highest BCUT2D eigenvalue weighted by atomic mass is 15.5. The van der Waals surface area contributed by atoms with Crippen LogP contribution in [0.3, 0.4) is 0 Å². The summed E-state index contributed by atoms with van der Waals surface area (Å²) in [6.45, 7) is 0. The Kier molecular flexibility index (Phi) is 2.49. The molecule has 0 amide bonds. The Bertz CT molecular complexity index is 661. The predicted molar refractivity (Wildman–Crippen MR) is 69.5 cm³/mol. The van der Waals surface area contributed by atoms with Gasteiger partial charge < -0.3 is 5.73 Å². The molecule has 88 valence electrons. The summed E-state index contributed by atoms with van der Waals surface area (Å²) in [5.74, 6) is 0.584. The highest BCUT2D eigenvalue weighted by molar-refractivity contribution is 5.72. The SMILES string of the molecule is Nc1cccc(-c2cccc(-c3nn[nH]n3)c2)c1. The molecule has 0 saturated carbocycles. The summed E-state index contributed by atoms with van der Waals surface area (Å²) in [7, 11) is 0. The van der Waals surface area contributed by atoms with Crippen LogP contribution in [-0.4, -0.2) is 20.6 Å². The zero-order chi connectivity index (χ0) is 12.4. The van der Waals surface area contributed by atoms with Crippen LogP contribution >= 0.6 is 0 Å². The van der Waals surface area contributed by atoms with E-state index in [1.807, 2.05) is 48.5 Å². The number of hydrogen-bond donors (Lipinski definition) is 2. The number of H-pyrrole nitrogens is 1. The molecule has 5 nitrogen and oxygen atoms in total. The topological polar surface area (TPSA) is 80.5 Å². The molecule has 0 fully saturated rings. The Morgan fingerprint density at radius 1 is 0.889 bits per heavy atom. The maximum Gasteiger partial charge on any atom is 0.204 e. The summed E-state index contributed by atoms with van der Waals surface area (Å²) >= 11 is 0. The highest BCUT2D eigenvalue weighted by Gasteiger charge is 2.04. The van der Waals surface area contributed by atoms with E-state index in [9.17, 15) is 0 Å². The summed E-state index contributed by atoms with van der Waals surface area (Å²) in [6, 6.07) is 15.7. The minimum absolute atomic E-state index is 0.584. The van der Waals surface area contributed by atoms with Gasteiger partial charge in [-0.05, 0) is 34.5 Å². The third kappa shape index (κ3) is 1.93. The van der Waals surface area contributed by atoms with Gasteiger partial charge in [-0.1, -0.05) is 30.3 Å². The van der Waals surface area contributed by atoms with E-state index in [-0.39, 0.29) is 0 Å². The lowest BCUT2D eigenvalue weighted by atomic mass is 10.0. The third-order valence-electron chi connectivity index (χ3n) is 2.69. The van der Waals surface area contributed by atoms with E-state index in [4.69, 9.17) is 5.73 Å². The van der Waals surface area contributed by atoms with E-state index in [0.717, 1.165) is 22.4 Å². The molecule has 1 aromatic heterocycles. The van der Waals surface area contributed by atoms with Gasteiger partial charge in [0, 0.05) is 11.3 Å². The van der Waals surface area contributed by atoms with Crippen LogP contribution in [0.2, 0.25) is 0 Å². The number of rotatable bonds is 2. The average molecular weight is 237 g/mol. The lowest BCUT2D eigenvalue weighted by molar-refractivity contribution is 0.881. The van der Waals surface area contributed by atoms with Crippen molar-refractivity contribution in [1.82, 2.24) is 20.6 Å². The van der Waals surface area contributed by atoms with Gasteiger partial charge in [0.1, 0.15) is 0 Å². The molecule has 0 spiro atoms. The Morgan fingerprint density at radius 3 is 2.33 bits per heavy atom. The van der Waals surface area contributed by atoms with Gasteiger partial charge in [0.05, 0.1) is 0 Å². The summed E-state index contributed by atoms with van der Waals surface area (Å²) < 4.78 is 0. The van der Waals surface area contributed by atoms with Crippen molar-refractivity contribution in [3.63, 3.8) is 0 Å². The van der Waals surface area contributed by atoms with Crippen LogP contribution in [0.5, 0.6) is 0 Å². The first kappa shape index (κ1) is 10.5. The Labute approximate surface area is 104 Å². The minimum Gasteiger partial charge on any atom is -0.399 e. The quantitative estimate of drug-likeness (QED) is 0.669. The van der Waals surface area contributed by atoms with E-state index in [1.165, 1.54) is 0 Å². The molecule has 0 unspecified atom stereocenters. The molecule has 0 aliphatic carbocycles. The number of nitrogen functional groups attached to an aromatic ring is 1. The molecule has 18 heavy (non-hydrogen) atoms. The molecule has 0 atom stereocenters. The van der Waals surface area contributed by atoms with Crippen molar-refractivity contribution in [1.29, 1.82) is 0 Å². The van der Waals surface area contributed by atoms with Gasteiger partial charge in [0.25, 0.3) is 0 Å². The number of nitrogens with two attached hydrogens (primary N) is 1. The molecule has 0 aliphatic rings. The van der Waals surface area contributed by atoms with Crippen LogP contribution < -0.4 is 5.73 Å². The number of aromatic amines is 1. The van der Waals surface area contributed by atoms with E-state index in [2.05, 4.69) is 20.6 Å². The largest absolute Gasteiger partial charge is 0.399 e. The molecule has 5 heteroatoms. The second-order valence-electron chi connectivity index (χ2n) is 3.94. The molecule has 3 N–H and O–H groups in total. The predicted octanol–water partition coefficient (Wildman–Crippen LogP) is 2.12. The minimum atomic E-state index is 0.584. The molecule has 0 aliphatic heterocycles. The van der Waals surface area contributed by atoms with Crippen LogP contribution in [0, 0.1) is 0 Å². The van der Waals surface area contributed by atoms with Crippen molar-refractivity contribution < 1.29 is 0 Å². The van der Waals surface area contributed by atoms with Crippen molar-refractivity contribution in [2.24, 2.45) is 0 Å². The van der Waals surface area contributed by atoms with Gasteiger partial charge in [-0.2, -0.15) is 5.21 Å². The first-order valence-electron chi connectivity index (χ1n) is 5.53. The monoisotopic (exact) mass is 237 g/mol. The molecule has 0 saturated heterocycles.